The summed E-state index contributed by atoms with van der Waals surface area (Å²) in [6.45, 7) is 7.07. The van der Waals surface area contributed by atoms with Gasteiger partial charge in [0.25, 0.3) is 0 Å². The third-order valence-corrected chi connectivity index (χ3v) is 3.49. The zero-order valence-corrected chi connectivity index (χ0v) is 14.1. The molecule has 0 radical (unpaired) electrons. The van der Waals surface area contributed by atoms with Crippen LogP contribution in [0.25, 0.3) is 0 Å². The van der Waals surface area contributed by atoms with E-state index in [1.807, 2.05) is 12.3 Å². The van der Waals surface area contributed by atoms with Crippen LogP contribution in [0.5, 0.6) is 0 Å². The maximum atomic E-state index is 11.6. The molecule has 0 aliphatic rings. The number of hydrogen-bond acceptors (Lipinski definition) is 2. The van der Waals surface area contributed by atoms with Crippen molar-refractivity contribution in [1.82, 2.24) is 15.2 Å². The predicted octanol–water partition coefficient (Wildman–Crippen LogP) is 2.23. The van der Waals surface area contributed by atoms with Gasteiger partial charge in [-0.05, 0) is 37.7 Å². The summed E-state index contributed by atoms with van der Waals surface area (Å²) in [5.74, 6) is 1.61. The molecule has 1 heterocycles. The smallest absolute Gasteiger partial charge is 0.250 e. The molecule has 0 spiro atoms. The topological polar surface area (TPSA) is 58.4 Å². The average Bonchev–Trinajstić information content (AvgIpc) is 2.50. The van der Waals surface area contributed by atoms with Gasteiger partial charge in [0.15, 0.2) is 5.96 Å². The van der Waals surface area contributed by atoms with Crippen molar-refractivity contribution in [2.45, 2.75) is 46.1 Å². The largest absolute Gasteiger partial charge is 0.356 e. The molecule has 0 aromatic carbocycles. The fourth-order valence-electron chi connectivity index (χ4n) is 2.20. The van der Waals surface area contributed by atoms with Crippen molar-refractivity contribution in [3.8, 4) is 0 Å². The highest BCUT2D eigenvalue weighted by atomic mass is 16.1. The minimum Gasteiger partial charge on any atom is -0.356 e. The van der Waals surface area contributed by atoms with Gasteiger partial charge in [-0.1, -0.05) is 19.9 Å². The summed E-state index contributed by atoms with van der Waals surface area (Å²) >= 11 is 0. The number of aryl methyl sites for hydroxylation is 1. The highest BCUT2D eigenvalue weighted by molar-refractivity contribution is 5.79. The highest BCUT2D eigenvalue weighted by Gasteiger charge is 1.99. The Morgan fingerprint density at radius 2 is 1.91 bits per heavy atom. The molecule has 1 aromatic rings. The molecule has 5 heteroatoms. The van der Waals surface area contributed by atoms with Gasteiger partial charge in [-0.2, -0.15) is 0 Å². The highest BCUT2D eigenvalue weighted by Crippen LogP contribution is 2.01. The van der Waals surface area contributed by atoms with Gasteiger partial charge >= 0.3 is 0 Å². The lowest BCUT2D eigenvalue weighted by Crippen LogP contribution is -2.38. The molecule has 0 amide bonds. The molecule has 22 heavy (non-hydrogen) atoms. The van der Waals surface area contributed by atoms with Gasteiger partial charge in [0.1, 0.15) is 0 Å². The average molecular weight is 306 g/mol. The van der Waals surface area contributed by atoms with E-state index in [0.29, 0.717) is 0 Å². The molecule has 1 rings (SSSR count). The second kappa shape index (κ2) is 10.9. The summed E-state index contributed by atoms with van der Waals surface area (Å²) < 4.78 is 1.75. The van der Waals surface area contributed by atoms with Crippen molar-refractivity contribution in [3.05, 3.63) is 34.7 Å². The Balaban J connectivity index is 2.12. The van der Waals surface area contributed by atoms with Crippen molar-refractivity contribution in [3.63, 3.8) is 0 Å². The normalized spacial score (nSPS) is 11.7. The molecular formula is C17H30N4O. The lowest BCUT2D eigenvalue weighted by atomic mass is 10.1. The van der Waals surface area contributed by atoms with Gasteiger partial charge in [0.2, 0.25) is 5.56 Å². The number of rotatable bonds is 9. The Morgan fingerprint density at radius 1 is 1.18 bits per heavy atom. The third-order valence-electron chi connectivity index (χ3n) is 3.49. The van der Waals surface area contributed by atoms with Gasteiger partial charge in [-0.3, -0.25) is 9.79 Å². The van der Waals surface area contributed by atoms with E-state index < -0.39 is 0 Å². The second-order valence-electron chi connectivity index (χ2n) is 5.90. The molecule has 0 saturated carbocycles. The molecule has 0 fully saturated rings. The Bertz CT molecular complexity index is 493. The van der Waals surface area contributed by atoms with Crippen molar-refractivity contribution in [2.75, 3.05) is 20.1 Å². The van der Waals surface area contributed by atoms with Crippen LogP contribution < -0.4 is 16.2 Å². The quantitative estimate of drug-likeness (QED) is 0.418. The first-order valence-corrected chi connectivity index (χ1v) is 8.23. The lowest BCUT2D eigenvalue weighted by molar-refractivity contribution is 0.547. The van der Waals surface area contributed by atoms with E-state index in [-0.39, 0.29) is 5.56 Å². The van der Waals surface area contributed by atoms with E-state index in [9.17, 15) is 4.79 Å². The van der Waals surface area contributed by atoms with Gasteiger partial charge in [0.05, 0.1) is 0 Å². The number of aromatic nitrogens is 1. The van der Waals surface area contributed by atoms with Crippen LogP contribution in [0.4, 0.5) is 0 Å². The van der Waals surface area contributed by atoms with Crippen molar-refractivity contribution >= 4 is 5.96 Å². The van der Waals surface area contributed by atoms with Gasteiger partial charge in [0, 0.05) is 38.9 Å². The predicted molar refractivity (Wildman–Crippen MR) is 93.4 cm³/mol. The van der Waals surface area contributed by atoms with Crippen LogP contribution in [0.2, 0.25) is 0 Å². The monoisotopic (exact) mass is 306 g/mol. The molecule has 5 nitrogen and oxygen atoms in total. The molecule has 0 atom stereocenters. The summed E-state index contributed by atoms with van der Waals surface area (Å²) in [5.41, 5.74) is 0.0677. The number of unbranched alkanes of at least 4 members (excludes halogenated alkanes) is 1. The van der Waals surface area contributed by atoms with Crippen LogP contribution in [-0.2, 0) is 6.54 Å². The number of aliphatic imine (C=N–C) groups is 1. The molecule has 1 aromatic heterocycles. The van der Waals surface area contributed by atoms with Crippen molar-refractivity contribution in [1.29, 1.82) is 0 Å². The van der Waals surface area contributed by atoms with Crippen LogP contribution in [0.15, 0.2) is 34.2 Å². The SMILES string of the molecule is CN=C(NCCCCn1ccccc1=O)NCCCC(C)C. The molecule has 124 valence electrons. The van der Waals surface area contributed by atoms with Crippen molar-refractivity contribution < 1.29 is 0 Å². The fourth-order valence-corrected chi connectivity index (χ4v) is 2.20. The Kier molecular flexibility index (Phi) is 9.03. The lowest BCUT2D eigenvalue weighted by Gasteiger charge is -2.12. The van der Waals surface area contributed by atoms with E-state index in [0.717, 1.165) is 50.8 Å². The van der Waals surface area contributed by atoms with Crippen LogP contribution in [0, 0.1) is 5.92 Å². The Labute approximate surface area is 133 Å². The second-order valence-corrected chi connectivity index (χ2v) is 5.90. The zero-order valence-electron chi connectivity index (χ0n) is 14.1. The summed E-state index contributed by atoms with van der Waals surface area (Å²) in [6.07, 6.45) is 6.21. The first kappa shape index (κ1) is 18.3. The molecular weight excluding hydrogens is 276 g/mol. The molecule has 0 aliphatic heterocycles. The van der Waals surface area contributed by atoms with Crippen molar-refractivity contribution in [2.24, 2.45) is 10.9 Å². The van der Waals surface area contributed by atoms with Crippen LogP contribution in [0.3, 0.4) is 0 Å². The molecule has 0 bridgehead atoms. The summed E-state index contributed by atoms with van der Waals surface area (Å²) in [5, 5.41) is 6.64. The third kappa shape index (κ3) is 7.86. The summed E-state index contributed by atoms with van der Waals surface area (Å²) in [6, 6.07) is 5.26. The van der Waals surface area contributed by atoms with E-state index >= 15 is 0 Å². The molecule has 0 saturated heterocycles. The summed E-state index contributed by atoms with van der Waals surface area (Å²) in [7, 11) is 1.79. The number of pyridine rings is 1. The maximum Gasteiger partial charge on any atom is 0.250 e. The number of guanidine groups is 1. The standard InChI is InChI=1S/C17H30N4O/c1-15(2)9-8-12-20-17(18-3)19-11-5-7-14-21-13-6-4-10-16(21)22/h4,6,10,13,15H,5,7-9,11-12,14H2,1-3H3,(H2,18,19,20). The minimum atomic E-state index is 0.0677. The van der Waals surface area contributed by atoms with Crippen LogP contribution >= 0.6 is 0 Å². The van der Waals surface area contributed by atoms with Gasteiger partial charge in [-0.25, -0.2) is 0 Å². The van der Waals surface area contributed by atoms with E-state index in [4.69, 9.17) is 0 Å². The number of nitrogens with zero attached hydrogens (tertiary/aromatic N) is 2. The van der Waals surface area contributed by atoms with E-state index in [1.165, 1.54) is 6.42 Å². The summed E-state index contributed by atoms with van der Waals surface area (Å²) in [4.78, 5) is 15.8. The van der Waals surface area contributed by atoms with Gasteiger partial charge < -0.3 is 15.2 Å². The molecule has 0 unspecified atom stereocenters. The van der Waals surface area contributed by atoms with Crippen LogP contribution in [-0.4, -0.2) is 30.7 Å². The first-order valence-electron chi connectivity index (χ1n) is 8.23. The minimum absolute atomic E-state index is 0.0677. The fraction of sp³-hybridized carbons (Fsp3) is 0.647. The van der Waals surface area contributed by atoms with Gasteiger partial charge in [-0.15, -0.1) is 0 Å². The van der Waals surface area contributed by atoms with E-state index in [1.54, 1.807) is 23.7 Å². The molecule has 0 aliphatic carbocycles. The number of nitrogens with one attached hydrogen (secondary N) is 2. The number of hydrogen-bond donors (Lipinski definition) is 2. The molecule has 2 N–H and O–H groups in total. The Hall–Kier alpha value is -1.78. The maximum absolute atomic E-state index is 11.6. The zero-order chi connectivity index (χ0) is 16.2. The Morgan fingerprint density at radius 3 is 2.55 bits per heavy atom. The van der Waals surface area contributed by atoms with Crippen LogP contribution in [0.1, 0.15) is 39.5 Å². The first-order chi connectivity index (χ1) is 10.6. The van der Waals surface area contributed by atoms with E-state index in [2.05, 4.69) is 29.5 Å².